The van der Waals surface area contributed by atoms with E-state index in [1.807, 2.05) is 0 Å². The van der Waals surface area contributed by atoms with Gasteiger partial charge in [-0.15, -0.1) is 0 Å². The van der Waals surface area contributed by atoms with E-state index in [9.17, 15) is 9.59 Å². The first-order valence-corrected chi connectivity index (χ1v) is 6.75. The topological polar surface area (TPSA) is 48.3 Å². The van der Waals surface area contributed by atoms with Gasteiger partial charge in [0, 0.05) is 27.7 Å². The summed E-state index contributed by atoms with van der Waals surface area (Å²) in [4.78, 5) is 23.4. The van der Waals surface area contributed by atoms with Crippen LogP contribution in [0, 0.1) is 0 Å². The van der Waals surface area contributed by atoms with Crippen LogP contribution in [0.2, 0.25) is 5.02 Å². The first-order valence-electron chi connectivity index (χ1n) is 6.37. The van der Waals surface area contributed by atoms with Gasteiger partial charge in [0.2, 0.25) is 0 Å². The van der Waals surface area contributed by atoms with Crippen LogP contribution in [0.3, 0.4) is 0 Å². The predicted octanol–water partition coefficient (Wildman–Crippen LogP) is 3.45. The molecule has 1 aromatic heterocycles. The van der Waals surface area contributed by atoms with Gasteiger partial charge in [-0.3, -0.25) is 9.59 Å². The van der Waals surface area contributed by atoms with Gasteiger partial charge in [0.15, 0.2) is 5.78 Å². The molecule has 0 aliphatic rings. The Bertz CT molecular complexity index is 673. The largest absolute Gasteiger partial charge is 0.462 e. The highest BCUT2D eigenvalue weighted by atomic mass is 35.5. The lowest BCUT2D eigenvalue weighted by atomic mass is 10.1. The smallest absolute Gasteiger partial charge is 0.326 e. The third kappa shape index (κ3) is 3.02. The van der Waals surface area contributed by atoms with Crippen LogP contribution < -0.4 is 0 Å². The molecule has 2 aromatic rings. The Morgan fingerprint density at radius 3 is 2.65 bits per heavy atom. The molecule has 0 saturated heterocycles. The van der Waals surface area contributed by atoms with Crippen LogP contribution in [-0.4, -0.2) is 22.4 Å². The number of hydrogen-bond acceptors (Lipinski definition) is 3. The second kappa shape index (κ2) is 5.67. The molecular weight excluding hydrogens is 278 g/mol. The maximum absolute atomic E-state index is 11.8. The fourth-order valence-corrected chi connectivity index (χ4v) is 2.29. The van der Waals surface area contributed by atoms with E-state index in [1.165, 1.54) is 6.92 Å². The van der Waals surface area contributed by atoms with E-state index in [0.29, 0.717) is 10.6 Å². The number of carbonyl (C=O) groups is 2. The number of rotatable bonds is 4. The molecule has 0 aliphatic carbocycles. The third-order valence-corrected chi connectivity index (χ3v) is 3.12. The lowest BCUT2D eigenvalue weighted by Gasteiger charge is -2.09. The number of carbonyl (C=O) groups excluding carboxylic acids is 2. The maximum Gasteiger partial charge on any atom is 0.326 e. The highest BCUT2D eigenvalue weighted by Crippen LogP contribution is 2.25. The van der Waals surface area contributed by atoms with Gasteiger partial charge in [0.05, 0.1) is 6.10 Å². The highest BCUT2D eigenvalue weighted by Gasteiger charge is 2.15. The van der Waals surface area contributed by atoms with Gasteiger partial charge in [0.1, 0.15) is 6.54 Å². The standard InChI is InChI=1S/C15H16ClNO3/c1-9(2)20-15(19)8-17-7-13(10(3)18)12-6-11(16)4-5-14(12)17/h4-7,9H,8H2,1-3H3. The van der Waals surface area contributed by atoms with Crippen molar-refractivity contribution in [3.05, 3.63) is 35.0 Å². The quantitative estimate of drug-likeness (QED) is 0.641. The molecule has 106 valence electrons. The lowest BCUT2D eigenvalue weighted by Crippen LogP contribution is -2.17. The van der Waals surface area contributed by atoms with Crippen molar-refractivity contribution in [3.63, 3.8) is 0 Å². The Morgan fingerprint density at radius 2 is 2.05 bits per heavy atom. The number of hydrogen-bond donors (Lipinski definition) is 0. The summed E-state index contributed by atoms with van der Waals surface area (Å²) in [5.74, 6) is -0.393. The van der Waals surface area contributed by atoms with Crippen molar-refractivity contribution in [2.75, 3.05) is 0 Å². The number of esters is 1. The lowest BCUT2D eigenvalue weighted by molar-refractivity contribution is -0.148. The zero-order valence-corrected chi connectivity index (χ0v) is 12.4. The SMILES string of the molecule is CC(=O)c1cn(CC(=O)OC(C)C)c2ccc(Cl)cc12. The molecule has 1 aromatic carbocycles. The van der Waals surface area contributed by atoms with Crippen LogP contribution in [-0.2, 0) is 16.1 Å². The number of halogens is 1. The number of fused-ring (bicyclic) bond motifs is 1. The minimum absolute atomic E-state index is 0.0618. The molecule has 0 saturated carbocycles. The number of ketones is 1. The van der Waals surface area contributed by atoms with Crippen molar-refractivity contribution >= 4 is 34.3 Å². The van der Waals surface area contributed by atoms with Gasteiger partial charge in [-0.05, 0) is 39.0 Å². The first kappa shape index (κ1) is 14.6. The van der Waals surface area contributed by atoms with Crippen molar-refractivity contribution in [3.8, 4) is 0 Å². The third-order valence-electron chi connectivity index (χ3n) is 2.89. The van der Waals surface area contributed by atoms with Gasteiger partial charge in [-0.1, -0.05) is 11.6 Å². The molecule has 20 heavy (non-hydrogen) atoms. The van der Waals surface area contributed by atoms with Crippen molar-refractivity contribution in [1.29, 1.82) is 0 Å². The summed E-state index contributed by atoms with van der Waals surface area (Å²) in [6, 6.07) is 5.27. The molecule has 0 aliphatic heterocycles. The van der Waals surface area contributed by atoms with Crippen LogP contribution >= 0.6 is 11.6 Å². The van der Waals surface area contributed by atoms with Crippen LogP contribution in [0.1, 0.15) is 31.1 Å². The second-order valence-electron chi connectivity index (χ2n) is 4.93. The summed E-state index contributed by atoms with van der Waals surface area (Å²) in [6.45, 7) is 5.16. The van der Waals surface area contributed by atoms with Crippen LogP contribution in [0.5, 0.6) is 0 Å². The summed E-state index contributed by atoms with van der Waals surface area (Å²) in [7, 11) is 0. The summed E-state index contributed by atoms with van der Waals surface area (Å²) >= 11 is 5.97. The first-order chi connectivity index (χ1) is 9.38. The number of benzene rings is 1. The molecule has 0 unspecified atom stereocenters. The second-order valence-corrected chi connectivity index (χ2v) is 5.36. The van der Waals surface area contributed by atoms with E-state index in [-0.39, 0.29) is 24.4 Å². The summed E-state index contributed by atoms with van der Waals surface area (Å²) < 4.78 is 6.84. The van der Waals surface area contributed by atoms with E-state index in [1.54, 1.807) is 42.8 Å². The van der Waals surface area contributed by atoms with Crippen molar-refractivity contribution in [1.82, 2.24) is 4.57 Å². The number of ether oxygens (including phenoxy) is 1. The Morgan fingerprint density at radius 1 is 1.35 bits per heavy atom. The monoisotopic (exact) mass is 293 g/mol. The van der Waals surface area contributed by atoms with Crippen LogP contribution in [0.25, 0.3) is 10.9 Å². The minimum Gasteiger partial charge on any atom is -0.462 e. The Hall–Kier alpha value is -1.81. The Labute approximate surface area is 122 Å². The van der Waals surface area contributed by atoms with Crippen molar-refractivity contribution in [2.24, 2.45) is 0 Å². The van der Waals surface area contributed by atoms with Gasteiger partial charge in [-0.2, -0.15) is 0 Å². The van der Waals surface area contributed by atoms with E-state index in [4.69, 9.17) is 16.3 Å². The molecule has 0 bridgehead atoms. The molecule has 0 amide bonds. The van der Waals surface area contributed by atoms with Crippen molar-refractivity contribution in [2.45, 2.75) is 33.4 Å². The van der Waals surface area contributed by atoms with Gasteiger partial charge in [-0.25, -0.2) is 0 Å². The number of nitrogens with zero attached hydrogens (tertiary/aromatic N) is 1. The van der Waals surface area contributed by atoms with Crippen molar-refractivity contribution < 1.29 is 14.3 Å². The number of Topliss-reactive ketones (excluding diaryl/α,β-unsaturated/α-hetero) is 1. The molecule has 0 spiro atoms. The molecule has 2 rings (SSSR count). The molecule has 0 atom stereocenters. The minimum atomic E-state index is -0.332. The number of aromatic nitrogens is 1. The molecule has 1 heterocycles. The fourth-order valence-electron chi connectivity index (χ4n) is 2.12. The van der Waals surface area contributed by atoms with Crippen LogP contribution in [0.4, 0.5) is 0 Å². The average molecular weight is 294 g/mol. The molecular formula is C15H16ClNO3. The van der Waals surface area contributed by atoms with E-state index in [0.717, 1.165) is 10.9 Å². The molecule has 4 nitrogen and oxygen atoms in total. The zero-order chi connectivity index (χ0) is 14.9. The van der Waals surface area contributed by atoms with Gasteiger partial charge in [0.25, 0.3) is 0 Å². The average Bonchev–Trinajstić information content (AvgIpc) is 2.66. The van der Waals surface area contributed by atoms with E-state index < -0.39 is 0 Å². The molecule has 5 heteroatoms. The summed E-state index contributed by atoms with van der Waals surface area (Å²) in [5.41, 5.74) is 1.35. The molecule has 0 radical (unpaired) electrons. The summed E-state index contributed by atoms with van der Waals surface area (Å²) in [5, 5.41) is 1.31. The maximum atomic E-state index is 11.8. The highest BCUT2D eigenvalue weighted by molar-refractivity contribution is 6.31. The van der Waals surface area contributed by atoms with Crippen LogP contribution in [0.15, 0.2) is 24.4 Å². The van der Waals surface area contributed by atoms with E-state index in [2.05, 4.69) is 0 Å². The zero-order valence-electron chi connectivity index (χ0n) is 11.6. The Balaban J connectivity index is 2.44. The normalized spacial score (nSPS) is 11.1. The molecule has 0 N–H and O–H groups in total. The van der Waals surface area contributed by atoms with Gasteiger partial charge >= 0.3 is 5.97 Å². The summed E-state index contributed by atoms with van der Waals surface area (Å²) in [6.07, 6.45) is 1.51. The fraction of sp³-hybridized carbons (Fsp3) is 0.333. The Kier molecular flexibility index (Phi) is 4.14. The van der Waals surface area contributed by atoms with E-state index >= 15 is 0 Å². The molecule has 0 fully saturated rings. The predicted molar refractivity (Wildman–Crippen MR) is 78.2 cm³/mol. The van der Waals surface area contributed by atoms with Gasteiger partial charge < -0.3 is 9.30 Å².